The van der Waals surface area contributed by atoms with E-state index in [0.29, 0.717) is 6.04 Å². The predicted octanol–water partition coefficient (Wildman–Crippen LogP) is 3.17. The van der Waals surface area contributed by atoms with E-state index in [2.05, 4.69) is 31.0 Å². The molecule has 2 rings (SSSR count). The van der Waals surface area contributed by atoms with Gasteiger partial charge in [-0.05, 0) is 43.8 Å². The third kappa shape index (κ3) is 2.69. The maximum absolute atomic E-state index is 6.03. The number of rotatable bonds is 4. The van der Waals surface area contributed by atoms with E-state index in [-0.39, 0.29) is 5.54 Å². The van der Waals surface area contributed by atoms with Crippen LogP contribution in [-0.4, -0.2) is 35.5 Å². The van der Waals surface area contributed by atoms with Gasteiger partial charge in [0.1, 0.15) is 0 Å². The van der Waals surface area contributed by atoms with Crippen molar-refractivity contribution in [2.75, 3.05) is 25.1 Å². The van der Waals surface area contributed by atoms with Crippen LogP contribution in [0.1, 0.15) is 24.9 Å². The van der Waals surface area contributed by atoms with Gasteiger partial charge in [-0.15, -0.1) is 0 Å². The fraction of sp³-hybridized carbons (Fsp3) is 0.571. The third-order valence-corrected chi connectivity index (χ3v) is 5.63. The number of likely N-dealkylation sites (N-methyl/N-ethyl adjacent to an activating group) is 1. The van der Waals surface area contributed by atoms with Crippen LogP contribution in [0.5, 0.6) is 0 Å². The van der Waals surface area contributed by atoms with Crippen molar-refractivity contribution >= 4 is 23.4 Å². The van der Waals surface area contributed by atoms with E-state index in [4.69, 9.17) is 17.3 Å². The number of benzene rings is 1. The van der Waals surface area contributed by atoms with Crippen molar-refractivity contribution in [1.82, 2.24) is 4.90 Å². The lowest BCUT2D eigenvalue weighted by molar-refractivity contribution is 0.107. The molecule has 4 heteroatoms. The third-order valence-electron chi connectivity index (χ3n) is 4.14. The number of thioether (sulfide) groups is 1. The summed E-state index contributed by atoms with van der Waals surface area (Å²) in [5.74, 6) is 2.35. The first-order valence-electron chi connectivity index (χ1n) is 6.35. The largest absolute Gasteiger partial charge is 0.329 e. The second-order valence-corrected chi connectivity index (χ2v) is 6.61. The number of hydrogen-bond donors (Lipinski definition) is 1. The van der Waals surface area contributed by atoms with Crippen LogP contribution in [0.4, 0.5) is 0 Å². The van der Waals surface area contributed by atoms with Gasteiger partial charge in [0.25, 0.3) is 0 Å². The summed E-state index contributed by atoms with van der Waals surface area (Å²) in [5, 5.41) is 0.790. The summed E-state index contributed by atoms with van der Waals surface area (Å²) in [5.41, 5.74) is 7.49. The number of hydrogen-bond acceptors (Lipinski definition) is 3. The lowest BCUT2D eigenvalue weighted by Gasteiger charge is -2.41. The maximum atomic E-state index is 6.03. The second-order valence-electron chi connectivity index (χ2n) is 5.07. The summed E-state index contributed by atoms with van der Waals surface area (Å²) in [6, 6.07) is 8.50. The number of nitrogens with two attached hydrogens (primary N) is 1. The molecular weight excluding hydrogens is 264 g/mol. The van der Waals surface area contributed by atoms with Gasteiger partial charge in [0.05, 0.1) is 0 Å². The molecule has 1 fully saturated rings. The summed E-state index contributed by atoms with van der Waals surface area (Å²) in [7, 11) is 2.19. The SMILES string of the molecule is CC(c1ccc(Cl)cc1)N(C)C1(CN)CCSC1. The molecule has 1 aromatic rings. The summed E-state index contributed by atoms with van der Waals surface area (Å²) >= 11 is 7.95. The lowest BCUT2D eigenvalue weighted by Crippen LogP contribution is -2.53. The highest BCUT2D eigenvalue weighted by Crippen LogP contribution is 2.36. The highest BCUT2D eigenvalue weighted by atomic mass is 35.5. The molecule has 1 aliphatic rings. The van der Waals surface area contributed by atoms with Gasteiger partial charge in [-0.2, -0.15) is 11.8 Å². The molecule has 1 aromatic carbocycles. The van der Waals surface area contributed by atoms with Crippen LogP contribution in [0, 0.1) is 0 Å². The Hall–Kier alpha value is -0.220. The van der Waals surface area contributed by atoms with E-state index in [1.807, 2.05) is 23.9 Å². The molecule has 0 radical (unpaired) electrons. The molecule has 1 heterocycles. The minimum atomic E-state index is 0.156. The lowest BCUT2D eigenvalue weighted by atomic mass is 9.93. The standard InChI is InChI=1S/C14H21ClN2S/c1-11(12-3-5-13(15)6-4-12)17(2)14(9-16)7-8-18-10-14/h3-6,11H,7-10,16H2,1-2H3. The van der Waals surface area contributed by atoms with E-state index < -0.39 is 0 Å². The minimum Gasteiger partial charge on any atom is -0.329 e. The Morgan fingerprint density at radius 3 is 2.61 bits per heavy atom. The quantitative estimate of drug-likeness (QED) is 0.921. The van der Waals surface area contributed by atoms with Gasteiger partial charge in [0, 0.05) is 28.9 Å². The maximum Gasteiger partial charge on any atom is 0.0432 e. The topological polar surface area (TPSA) is 29.3 Å². The average Bonchev–Trinajstić information content (AvgIpc) is 2.88. The first-order chi connectivity index (χ1) is 8.59. The van der Waals surface area contributed by atoms with Gasteiger partial charge in [0.2, 0.25) is 0 Å². The molecule has 1 saturated heterocycles. The molecule has 0 saturated carbocycles. The number of nitrogens with zero attached hydrogens (tertiary/aromatic N) is 1. The summed E-state index contributed by atoms with van der Waals surface area (Å²) in [4.78, 5) is 2.44. The molecule has 0 amide bonds. The van der Waals surface area contributed by atoms with E-state index in [0.717, 1.165) is 17.3 Å². The second kappa shape index (κ2) is 5.83. The molecule has 0 aliphatic carbocycles. The van der Waals surface area contributed by atoms with Crippen LogP contribution < -0.4 is 5.73 Å². The van der Waals surface area contributed by atoms with Crippen LogP contribution in [0.15, 0.2) is 24.3 Å². The molecule has 2 N–H and O–H groups in total. The zero-order chi connectivity index (χ0) is 13.2. The molecule has 0 bridgehead atoms. The van der Waals surface area contributed by atoms with Gasteiger partial charge < -0.3 is 5.73 Å². The van der Waals surface area contributed by atoms with Crippen molar-refractivity contribution < 1.29 is 0 Å². The van der Waals surface area contributed by atoms with Gasteiger partial charge in [-0.1, -0.05) is 23.7 Å². The fourth-order valence-corrected chi connectivity index (χ4v) is 4.20. The normalized spacial score (nSPS) is 25.6. The first-order valence-corrected chi connectivity index (χ1v) is 7.88. The Bertz CT molecular complexity index is 387. The van der Waals surface area contributed by atoms with Gasteiger partial charge >= 0.3 is 0 Å². The Kier molecular flexibility index (Phi) is 4.59. The average molecular weight is 285 g/mol. The Morgan fingerprint density at radius 1 is 1.44 bits per heavy atom. The summed E-state index contributed by atoms with van der Waals surface area (Å²) in [6.07, 6.45) is 1.18. The molecule has 2 unspecified atom stereocenters. The van der Waals surface area contributed by atoms with Crippen LogP contribution in [0.3, 0.4) is 0 Å². The van der Waals surface area contributed by atoms with Gasteiger partial charge in [-0.3, -0.25) is 4.90 Å². The molecule has 2 atom stereocenters. The van der Waals surface area contributed by atoms with Gasteiger partial charge in [-0.25, -0.2) is 0 Å². The first kappa shape index (κ1) is 14.2. The van der Waals surface area contributed by atoms with Crippen molar-refractivity contribution in [2.45, 2.75) is 24.9 Å². The van der Waals surface area contributed by atoms with Gasteiger partial charge in [0.15, 0.2) is 0 Å². The van der Waals surface area contributed by atoms with Crippen molar-refractivity contribution in [1.29, 1.82) is 0 Å². The predicted molar refractivity (Wildman–Crippen MR) is 81.4 cm³/mol. The highest BCUT2D eigenvalue weighted by Gasteiger charge is 2.39. The highest BCUT2D eigenvalue weighted by molar-refractivity contribution is 7.99. The van der Waals surface area contributed by atoms with Crippen LogP contribution >= 0.6 is 23.4 Å². The Labute approximate surface area is 119 Å². The zero-order valence-corrected chi connectivity index (χ0v) is 12.6. The minimum absolute atomic E-state index is 0.156. The Balaban J connectivity index is 2.17. The smallest absolute Gasteiger partial charge is 0.0432 e. The van der Waals surface area contributed by atoms with Crippen molar-refractivity contribution in [2.24, 2.45) is 5.73 Å². The molecular formula is C14H21ClN2S. The summed E-state index contributed by atoms with van der Waals surface area (Å²) < 4.78 is 0. The monoisotopic (exact) mass is 284 g/mol. The zero-order valence-electron chi connectivity index (χ0n) is 11.0. The Morgan fingerprint density at radius 2 is 2.11 bits per heavy atom. The van der Waals surface area contributed by atoms with Crippen LogP contribution in [0.25, 0.3) is 0 Å². The fourth-order valence-electron chi connectivity index (χ4n) is 2.56. The van der Waals surface area contributed by atoms with E-state index in [1.165, 1.54) is 17.7 Å². The molecule has 18 heavy (non-hydrogen) atoms. The van der Waals surface area contributed by atoms with Crippen molar-refractivity contribution in [3.8, 4) is 0 Å². The number of halogens is 1. The molecule has 2 nitrogen and oxygen atoms in total. The van der Waals surface area contributed by atoms with E-state index in [9.17, 15) is 0 Å². The van der Waals surface area contributed by atoms with E-state index in [1.54, 1.807) is 0 Å². The van der Waals surface area contributed by atoms with Crippen LogP contribution in [-0.2, 0) is 0 Å². The molecule has 0 aromatic heterocycles. The molecule has 0 spiro atoms. The van der Waals surface area contributed by atoms with Crippen LogP contribution in [0.2, 0.25) is 5.02 Å². The molecule has 1 aliphatic heterocycles. The van der Waals surface area contributed by atoms with E-state index >= 15 is 0 Å². The van der Waals surface area contributed by atoms with Crippen molar-refractivity contribution in [3.05, 3.63) is 34.9 Å². The molecule has 100 valence electrons. The summed E-state index contributed by atoms with van der Waals surface area (Å²) in [6.45, 7) is 2.97. The van der Waals surface area contributed by atoms with Crippen molar-refractivity contribution in [3.63, 3.8) is 0 Å².